The summed E-state index contributed by atoms with van der Waals surface area (Å²) in [5.41, 5.74) is 1.34. The molecule has 2 aliphatic heterocycles. The van der Waals surface area contributed by atoms with Gasteiger partial charge in [0.25, 0.3) is 0 Å². The lowest BCUT2D eigenvalue weighted by Crippen LogP contribution is -2.53. The Hall–Kier alpha value is -1.64. The van der Waals surface area contributed by atoms with Gasteiger partial charge < -0.3 is 14.4 Å². The van der Waals surface area contributed by atoms with Crippen LogP contribution in [0.15, 0.2) is 12.1 Å². The van der Waals surface area contributed by atoms with E-state index in [0.717, 1.165) is 37.6 Å². The molecular weight excluding hydrogens is 242 g/mol. The highest BCUT2D eigenvalue weighted by atomic mass is 16.6. The van der Waals surface area contributed by atoms with Crippen molar-refractivity contribution in [3.8, 4) is 6.07 Å². The third kappa shape index (κ3) is 2.29. The highest BCUT2D eigenvalue weighted by Gasteiger charge is 2.41. The van der Waals surface area contributed by atoms with Gasteiger partial charge in [-0.15, -0.1) is 0 Å². The first-order valence-corrected chi connectivity index (χ1v) is 6.57. The van der Waals surface area contributed by atoms with Gasteiger partial charge in [0.15, 0.2) is 0 Å². The molecule has 1 spiro atoms. The molecule has 2 aliphatic rings. The number of aromatic nitrogens is 1. The number of nitriles is 1. The molecule has 0 saturated carbocycles. The lowest BCUT2D eigenvalue weighted by atomic mass is 10.0. The molecule has 0 aliphatic carbocycles. The van der Waals surface area contributed by atoms with Gasteiger partial charge in [-0.3, -0.25) is 0 Å². The SMILES string of the molecule is Cc1ccc(C#N)c(N2CCOC3(CCOC3)C2)n1. The number of pyridine rings is 1. The molecule has 0 bridgehead atoms. The minimum Gasteiger partial charge on any atom is -0.378 e. The van der Waals surface area contributed by atoms with E-state index in [1.54, 1.807) is 0 Å². The van der Waals surface area contributed by atoms with Crippen LogP contribution in [0, 0.1) is 18.3 Å². The summed E-state index contributed by atoms with van der Waals surface area (Å²) in [6.45, 7) is 5.51. The van der Waals surface area contributed by atoms with Crippen LogP contribution >= 0.6 is 0 Å². The summed E-state index contributed by atoms with van der Waals surface area (Å²) in [5, 5.41) is 9.22. The minimum atomic E-state index is -0.212. The summed E-state index contributed by atoms with van der Waals surface area (Å²) in [4.78, 5) is 6.69. The van der Waals surface area contributed by atoms with Crippen molar-refractivity contribution >= 4 is 5.82 Å². The third-order valence-electron chi connectivity index (χ3n) is 3.75. The number of morpholine rings is 1. The molecule has 100 valence electrons. The second-order valence-corrected chi connectivity index (χ2v) is 5.19. The first-order chi connectivity index (χ1) is 9.22. The van der Waals surface area contributed by atoms with E-state index in [9.17, 15) is 5.26 Å². The Morgan fingerprint density at radius 2 is 2.32 bits per heavy atom. The smallest absolute Gasteiger partial charge is 0.146 e. The van der Waals surface area contributed by atoms with E-state index in [-0.39, 0.29) is 5.60 Å². The van der Waals surface area contributed by atoms with Crippen LogP contribution < -0.4 is 4.90 Å². The molecule has 1 aromatic rings. The van der Waals surface area contributed by atoms with Gasteiger partial charge in [0.1, 0.15) is 17.5 Å². The molecule has 2 fully saturated rings. The Morgan fingerprint density at radius 1 is 1.42 bits per heavy atom. The van der Waals surface area contributed by atoms with E-state index < -0.39 is 0 Å². The van der Waals surface area contributed by atoms with E-state index in [2.05, 4.69) is 16.0 Å². The van der Waals surface area contributed by atoms with Crippen LogP contribution in [0.5, 0.6) is 0 Å². The maximum atomic E-state index is 9.22. The fourth-order valence-electron chi connectivity index (χ4n) is 2.72. The van der Waals surface area contributed by atoms with Gasteiger partial charge in [-0.2, -0.15) is 5.26 Å². The van der Waals surface area contributed by atoms with E-state index >= 15 is 0 Å². The Morgan fingerprint density at radius 3 is 3.05 bits per heavy atom. The van der Waals surface area contributed by atoms with Crippen molar-refractivity contribution in [2.75, 3.05) is 37.8 Å². The second-order valence-electron chi connectivity index (χ2n) is 5.19. The molecule has 1 aromatic heterocycles. The zero-order valence-corrected chi connectivity index (χ0v) is 11.1. The number of hydrogen-bond donors (Lipinski definition) is 0. The summed E-state index contributed by atoms with van der Waals surface area (Å²) >= 11 is 0. The normalized spacial score (nSPS) is 26.6. The van der Waals surface area contributed by atoms with E-state index in [0.29, 0.717) is 18.8 Å². The lowest BCUT2D eigenvalue weighted by Gasteiger charge is -2.40. The average Bonchev–Trinajstić information content (AvgIpc) is 2.86. The number of nitrogens with zero attached hydrogens (tertiary/aromatic N) is 3. The van der Waals surface area contributed by atoms with Crippen molar-refractivity contribution in [2.45, 2.75) is 18.9 Å². The highest BCUT2D eigenvalue weighted by molar-refractivity contribution is 5.54. The Bertz CT molecular complexity index is 518. The molecule has 0 amide bonds. The number of rotatable bonds is 1. The molecule has 19 heavy (non-hydrogen) atoms. The van der Waals surface area contributed by atoms with E-state index in [4.69, 9.17) is 9.47 Å². The van der Waals surface area contributed by atoms with Crippen molar-refractivity contribution in [1.82, 2.24) is 4.98 Å². The van der Waals surface area contributed by atoms with Crippen molar-refractivity contribution in [3.63, 3.8) is 0 Å². The molecule has 5 heteroatoms. The maximum absolute atomic E-state index is 9.22. The average molecular weight is 259 g/mol. The van der Waals surface area contributed by atoms with Crippen LogP contribution in [0.4, 0.5) is 5.82 Å². The van der Waals surface area contributed by atoms with Crippen LogP contribution in [-0.2, 0) is 9.47 Å². The molecule has 1 atom stereocenters. The van der Waals surface area contributed by atoms with Crippen LogP contribution in [0.1, 0.15) is 17.7 Å². The van der Waals surface area contributed by atoms with E-state index in [1.807, 2.05) is 19.1 Å². The number of ether oxygens (including phenoxy) is 2. The third-order valence-corrected chi connectivity index (χ3v) is 3.75. The molecule has 3 rings (SSSR count). The van der Waals surface area contributed by atoms with Crippen LogP contribution in [0.2, 0.25) is 0 Å². The molecular formula is C14H17N3O2. The first-order valence-electron chi connectivity index (χ1n) is 6.57. The summed E-state index contributed by atoms with van der Waals surface area (Å²) in [7, 11) is 0. The van der Waals surface area contributed by atoms with Gasteiger partial charge in [-0.05, 0) is 19.1 Å². The zero-order chi connectivity index (χ0) is 13.3. The fourth-order valence-corrected chi connectivity index (χ4v) is 2.72. The quantitative estimate of drug-likeness (QED) is 0.760. The molecule has 1 unspecified atom stereocenters. The molecule has 0 N–H and O–H groups in total. The number of hydrogen-bond acceptors (Lipinski definition) is 5. The molecule has 0 radical (unpaired) electrons. The van der Waals surface area contributed by atoms with Crippen molar-refractivity contribution in [1.29, 1.82) is 5.26 Å². The monoisotopic (exact) mass is 259 g/mol. The molecule has 3 heterocycles. The number of anilines is 1. The largest absolute Gasteiger partial charge is 0.378 e. The van der Waals surface area contributed by atoms with Crippen LogP contribution in [0.3, 0.4) is 0 Å². The predicted molar refractivity (Wildman–Crippen MR) is 70.0 cm³/mol. The number of aryl methyl sites for hydroxylation is 1. The standard InChI is InChI=1S/C14H17N3O2/c1-11-2-3-12(8-15)13(16-11)17-5-7-19-14(9-17)4-6-18-10-14/h2-3H,4-7,9-10H2,1H3. The first kappa shape index (κ1) is 12.4. The minimum absolute atomic E-state index is 0.212. The maximum Gasteiger partial charge on any atom is 0.146 e. The van der Waals surface area contributed by atoms with Gasteiger partial charge >= 0.3 is 0 Å². The second kappa shape index (κ2) is 4.80. The lowest BCUT2D eigenvalue weighted by molar-refractivity contribution is -0.0581. The fraction of sp³-hybridized carbons (Fsp3) is 0.571. The van der Waals surface area contributed by atoms with Gasteiger partial charge in [0.05, 0.1) is 25.3 Å². The molecule has 0 aromatic carbocycles. The van der Waals surface area contributed by atoms with Crippen LogP contribution in [0.25, 0.3) is 0 Å². The Kier molecular flexibility index (Phi) is 3.13. The van der Waals surface area contributed by atoms with Gasteiger partial charge in [-0.25, -0.2) is 4.98 Å². The highest BCUT2D eigenvalue weighted by Crippen LogP contribution is 2.30. The Balaban J connectivity index is 1.89. The van der Waals surface area contributed by atoms with E-state index in [1.165, 1.54) is 0 Å². The molecule has 5 nitrogen and oxygen atoms in total. The van der Waals surface area contributed by atoms with Gasteiger partial charge in [0.2, 0.25) is 0 Å². The van der Waals surface area contributed by atoms with Gasteiger partial charge in [0, 0.05) is 25.3 Å². The summed E-state index contributed by atoms with van der Waals surface area (Å²) in [6, 6.07) is 5.93. The van der Waals surface area contributed by atoms with Crippen molar-refractivity contribution in [3.05, 3.63) is 23.4 Å². The summed E-state index contributed by atoms with van der Waals surface area (Å²) in [5.74, 6) is 0.775. The predicted octanol–water partition coefficient (Wildman–Crippen LogP) is 1.26. The van der Waals surface area contributed by atoms with Gasteiger partial charge in [-0.1, -0.05) is 0 Å². The van der Waals surface area contributed by atoms with Crippen molar-refractivity contribution in [2.24, 2.45) is 0 Å². The molecule has 2 saturated heterocycles. The summed E-state index contributed by atoms with van der Waals surface area (Å²) in [6.07, 6.45) is 0.914. The Labute approximate surface area is 112 Å². The van der Waals surface area contributed by atoms with Crippen molar-refractivity contribution < 1.29 is 9.47 Å². The summed E-state index contributed by atoms with van der Waals surface area (Å²) < 4.78 is 11.4. The topological polar surface area (TPSA) is 58.4 Å². The zero-order valence-electron chi connectivity index (χ0n) is 11.1. The van der Waals surface area contributed by atoms with Crippen LogP contribution in [-0.4, -0.2) is 43.5 Å².